The van der Waals surface area contributed by atoms with Crippen molar-refractivity contribution >= 4 is 29.1 Å². The Morgan fingerprint density at radius 1 is 1.32 bits per heavy atom. The maximum atomic E-state index is 11.5. The Morgan fingerprint density at radius 2 is 2.00 bits per heavy atom. The summed E-state index contributed by atoms with van der Waals surface area (Å²) in [4.78, 5) is 17.9. The summed E-state index contributed by atoms with van der Waals surface area (Å²) in [6.07, 6.45) is 0. The van der Waals surface area contributed by atoms with E-state index < -0.39 is 0 Å². The van der Waals surface area contributed by atoms with E-state index in [0.717, 1.165) is 15.6 Å². The Kier molecular flexibility index (Phi) is 4.61. The first-order valence-electron chi connectivity index (χ1n) is 5.84. The van der Waals surface area contributed by atoms with Gasteiger partial charge in [0, 0.05) is 9.77 Å². The number of carbonyl (C=O) groups excluding carboxylic acids is 1. The topological polar surface area (TPSA) is 39.2 Å². The minimum atomic E-state index is -0.361. The van der Waals surface area contributed by atoms with E-state index in [1.54, 1.807) is 23.1 Å². The standard InChI is InChI=1S/C14H15NO2S2/c1-9-4-6-11(7-5-9)18-8-12-15-13(10(2)19-12)14(16)17-3/h4-7H,8H2,1-3H3. The van der Waals surface area contributed by atoms with Gasteiger partial charge in [-0.25, -0.2) is 9.78 Å². The molecule has 2 rings (SSSR count). The third kappa shape index (κ3) is 3.58. The van der Waals surface area contributed by atoms with E-state index in [1.165, 1.54) is 17.6 Å². The molecule has 0 N–H and O–H groups in total. The van der Waals surface area contributed by atoms with Crippen LogP contribution in [0.1, 0.15) is 25.9 Å². The minimum Gasteiger partial charge on any atom is -0.464 e. The van der Waals surface area contributed by atoms with Gasteiger partial charge in [0.05, 0.1) is 12.9 Å². The molecule has 1 heterocycles. The molecule has 0 amide bonds. The summed E-state index contributed by atoms with van der Waals surface area (Å²) in [6, 6.07) is 8.38. The highest BCUT2D eigenvalue weighted by atomic mass is 32.2. The number of aryl methyl sites for hydroxylation is 2. The summed E-state index contributed by atoms with van der Waals surface area (Å²) in [6.45, 7) is 3.96. The maximum Gasteiger partial charge on any atom is 0.357 e. The normalized spacial score (nSPS) is 10.5. The Hall–Kier alpha value is -1.33. The first-order chi connectivity index (χ1) is 9.10. The average molecular weight is 293 g/mol. The second-order valence-electron chi connectivity index (χ2n) is 4.11. The molecule has 0 radical (unpaired) electrons. The fourth-order valence-corrected chi connectivity index (χ4v) is 3.39. The van der Waals surface area contributed by atoms with Crippen LogP contribution >= 0.6 is 23.1 Å². The molecule has 100 valence electrons. The Morgan fingerprint density at radius 3 is 2.63 bits per heavy atom. The third-order valence-electron chi connectivity index (χ3n) is 2.60. The number of hydrogen-bond acceptors (Lipinski definition) is 5. The van der Waals surface area contributed by atoms with Crippen LogP contribution in [0, 0.1) is 13.8 Å². The molecule has 1 aromatic carbocycles. The lowest BCUT2D eigenvalue weighted by Gasteiger charge is -1.99. The van der Waals surface area contributed by atoms with Gasteiger partial charge >= 0.3 is 5.97 Å². The molecule has 0 saturated carbocycles. The first kappa shape index (κ1) is 14.1. The molecular formula is C14H15NO2S2. The quantitative estimate of drug-likeness (QED) is 0.634. The first-order valence-corrected chi connectivity index (χ1v) is 7.64. The summed E-state index contributed by atoms with van der Waals surface area (Å²) in [7, 11) is 1.38. The summed E-state index contributed by atoms with van der Waals surface area (Å²) < 4.78 is 4.70. The summed E-state index contributed by atoms with van der Waals surface area (Å²) >= 11 is 3.27. The van der Waals surface area contributed by atoms with Gasteiger partial charge in [-0.15, -0.1) is 23.1 Å². The van der Waals surface area contributed by atoms with Crippen LogP contribution in [-0.4, -0.2) is 18.1 Å². The van der Waals surface area contributed by atoms with E-state index in [1.807, 2.05) is 6.92 Å². The lowest BCUT2D eigenvalue weighted by atomic mass is 10.2. The fourth-order valence-electron chi connectivity index (χ4n) is 1.58. The molecule has 0 unspecified atom stereocenters. The van der Waals surface area contributed by atoms with E-state index in [0.29, 0.717) is 5.69 Å². The lowest BCUT2D eigenvalue weighted by molar-refractivity contribution is 0.0594. The largest absolute Gasteiger partial charge is 0.464 e. The molecule has 0 aliphatic rings. The summed E-state index contributed by atoms with van der Waals surface area (Å²) in [5.41, 5.74) is 1.69. The molecule has 0 spiro atoms. The third-order valence-corrected chi connectivity index (χ3v) is 4.78. The van der Waals surface area contributed by atoms with Gasteiger partial charge < -0.3 is 4.74 Å². The fraction of sp³-hybridized carbons (Fsp3) is 0.286. The molecule has 2 aromatic rings. The zero-order chi connectivity index (χ0) is 13.8. The summed E-state index contributed by atoms with van der Waals surface area (Å²) in [5.74, 6) is 0.409. The number of thioether (sulfide) groups is 1. The molecule has 0 atom stereocenters. The minimum absolute atomic E-state index is 0.361. The van der Waals surface area contributed by atoms with Crippen LogP contribution in [0.3, 0.4) is 0 Å². The van der Waals surface area contributed by atoms with E-state index in [9.17, 15) is 4.79 Å². The zero-order valence-corrected chi connectivity index (χ0v) is 12.7. The van der Waals surface area contributed by atoms with Crippen molar-refractivity contribution in [2.75, 3.05) is 7.11 Å². The van der Waals surface area contributed by atoms with E-state index >= 15 is 0 Å². The Balaban J connectivity index is 2.04. The van der Waals surface area contributed by atoms with Crippen LogP contribution in [-0.2, 0) is 10.5 Å². The zero-order valence-electron chi connectivity index (χ0n) is 11.1. The smallest absolute Gasteiger partial charge is 0.357 e. The highest BCUT2D eigenvalue weighted by Gasteiger charge is 2.15. The molecule has 0 aliphatic carbocycles. The van der Waals surface area contributed by atoms with E-state index in [2.05, 4.69) is 36.2 Å². The van der Waals surface area contributed by atoms with Crippen LogP contribution < -0.4 is 0 Å². The van der Waals surface area contributed by atoms with Gasteiger partial charge in [0.1, 0.15) is 5.01 Å². The Bertz CT molecular complexity index is 576. The number of methoxy groups -OCH3 is 1. The second-order valence-corrected chi connectivity index (χ2v) is 6.44. The highest BCUT2D eigenvalue weighted by molar-refractivity contribution is 7.98. The van der Waals surface area contributed by atoms with Crippen molar-refractivity contribution in [3.8, 4) is 0 Å². The van der Waals surface area contributed by atoms with Crippen molar-refractivity contribution in [2.24, 2.45) is 0 Å². The molecule has 3 nitrogen and oxygen atoms in total. The van der Waals surface area contributed by atoms with Gasteiger partial charge in [-0.05, 0) is 26.0 Å². The number of carbonyl (C=O) groups is 1. The van der Waals surface area contributed by atoms with E-state index in [4.69, 9.17) is 4.74 Å². The number of rotatable bonds is 4. The van der Waals surface area contributed by atoms with Gasteiger partial charge in [0.25, 0.3) is 0 Å². The Labute approximate surface area is 121 Å². The number of thiazole rings is 1. The molecule has 0 aliphatic heterocycles. The summed E-state index contributed by atoms with van der Waals surface area (Å²) in [5, 5.41) is 0.948. The number of ether oxygens (including phenoxy) is 1. The van der Waals surface area contributed by atoms with Crippen LogP contribution in [0.4, 0.5) is 0 Å². The van der Waals surface area contributed by atoms with Gasteiger partial charge in [-0.1, -0.05) is 17.7 Å². The lowest BCUT2D eigenvalue weighted by Crippen LogP contribution is -2.03. The molecular weight excluding hydrogens is 278 g/mol. The molecule has 0 bridgehead atoms. The predicted octanol–water partition coefficient (Wildman–Crippen LogP) is 3.84. The molecule has 0 saturated heterocycles. The monoisotopic (exact) mass is 293 g/mol. The van der Waals surface area contributed by atoms with Gasteiger partial charge in [-0.2, -0.15) is 0 Å². The molecule has 19 heavy (non-hydrogen) atoms. The average Bonchev–Trinajstić information content (AvgIpc) is 2.78. The SMILES string of the molecule is COC(=O)c1nc(CSc2ccc(C)cc2)sc1C. The predicted molar refractivity (Wildman–Crippen MR) is 78.9 cm³/mol. The second kappa shape index (κ2) is 6.21. The number of benzene rings is 1. The van der Waals surface area contributed by atoms with Gasteiger partial charge in [0.2, 0.25) is 0 Å². The number of aromatic nitrogens is 1. The van der Waals surface area contributed by atoms with Crippen molar-refractivity contribution in [3.63, 3.8) is 0 Å². The molecule has 0 fully saturated rings. The van der Waals surface area contributed by atoms with E-state index in [-0.39, 0.29) is 5.97 Å². The van der Waals surface area contributed by atoms with Crippen LogP contribution in [0.15, 0.2) is 29.2 Å². The van der Waals surface area contributed by atoms with Crippen LogP contribution in [0.2, 0.25) is 0 Å². The van der Waals surface area contributed by atoms with Crippen molar-refractivity contribution < 1.29 is 9.53 Å². The van der Waals surface area contributed by atoms with Crippen molar-refractivity contribution in [2.45, 2.75) is 24.5 Å². The van der Waals surface area contributed by atoms with Crippen LogP contribution in [0.5, 0.6) is 0 Å². The number of esters is 1. The molecule has 5 heteroatoms. The van der Waals surface area contributed by atoms with Crippen molar-refractivity contribution in [1.82, 2.24) is 4.98 Å². The van der Waals surface area contributed by atoms with Gasteiger partial charge in [0.15, 0.2) is 5.69 Å². The number of hydrogen-bond donors (Lipinski definition) is 0. The van der Waals surface area contributed by atoms with Crippen LogP contribution in [0.25, 0.3) is 0 Å². The van der Waals surface area contributed by atoms with Crippen molar-refractivity contribution in [3.05, 3.63) is 45.4 Å². The maximum absolute atomic E-state index is 11.5. The number of nitrogens with zero attached hydrogens (tertiary/aromatic N) is 1. The van der Waals surface area contributed by atoms with Gasteiger partial charge in [-0.3, -0.25) is 0 Å². The van der Waals surface area contributed by atoms with Crippen molar-refractivity contribution in [1.29, 1.82) is 0 Å². The highest BCUT2D eigenvalue weighted by Crippen LogP contribution is 2.27. The molecule has 1 aromatic heterocycles.